The molecule has 0 bridgehead atoms. The second-order valence-electron chi connectivity index (χ2n) is 23.7. The van der Waals surface area contributed by atoms with E-state index in [1.165, 1.54) is 13.8 Å². The number of nitrogens with one attached hydrogen (secondary N) is 11. The summed E-state index contributed by atoms with van der Waals surface area (Å²) < 4.78 is 21.0. The molecule has 41 nitrogen and oxygen atoms in total. The van der Waals surface area contributed by atoms with E-state index in [-0.39, 0.29) is 136 Å². The Morgan fingerprint density at radius 2 is 0.741 bits per heavy atom. The van der Waals surface area contributed by atoms with Gasteiger partial charge in [0.05, 0.1) is 78.3 Å². The number of halogens is 4. The molecule has 0 saturated carbocycles. The predicted molar refractivity (Wildman–Crippen MR) is 405 cm³/mol. The molecule has 0 fully saturated rings. The molecular formula is C67H129Cl4N27O14. The molecule has 2 rings (SSSR count). The summed E-state index contributed by atoms with van der Waals surface area (Å²) in [6.07, 6.45) is -1.79. The molecule has 644 valence electrons. The first-order valence-corrected chi connectivity index (χ1v) is 36.1. The fraction of sp³-hybridized carbons (Fsp3) is 0.672. The number of hydrogen-bond donors (Lipinski definition) is 18. The van der Waals surface area contributed by atoms with E-state index >= 15 is 0 Å². The topological polar surface area (TPSA) is 636 Å². The van der Waals surface area contributed by atoms with Crippen molar-refractivity contribution in [2.45, 2.75) is 84.3 Å². The number of nitrogens with two attached hydrogens (primary N) is 3. The Morgan fingerprint density at radius 3 is 1.07 bits per heavy atom. The van der Waals surface area contributed by atoms with Crippen LogP contribution < -0.4 is 148 Å². The zero-order valence-corrected chi connectivity index (χ0v) is 67.3. The van der Waals surface area contributed by atoms with E-state index < -0.39 is 96.2 Å². The summed E-state index contributed by atoms with van der Waals surface area (Å²) >= 11 is 0. The number of nitrogens with zero attached hydrogens (tertiary/aromatic N) is 9. The summed E-state index contributed by atoms with van der Waals surface area (Å²) in [5.74, 6) is -6.65. The summed E-state index contributed by atoms with van der Waals surface area (Å²) in [7, 11) is 0. The SMILES string of the molecule is C.CC(=O)N[C@H](CC(=O)NCCNCCN(CC[NH3+])CC[NH3+])C(=O)N[C@@H](CC(=O)NCCNCCN(CC[NH3+])CC[NH3+])C(=O)NCCOCCN=[N+]=[N-].CC(=O)N[C@H](CC(=O)OCc1ccccc1)C(=O)N[C@@H](CC(=O)OCc1ccccc1)C(=O)NCCOCCN=[N+]=[N-].NCCNCCN(CCN)CCN.[Cl-].[Cl-].[Cl-].[Cl-]. The number of benzene rings is 2. The summed E-state index contributed by atoms with van der Waals surface area (Å²) in [6, 6.07) is 12.4. The van der Waals surface area contributed by atoms with Crippen LogP contribution in [0.4, 0.5) is 0 Å². The van der Waals surface area contributed by atoms with E-state index in [1.54, 1.807) is 48.5 Å². The van der Waals surface area contributed by atoms with Crippen molar-refractivity contribution in [3.05, 3.63) is 92.7 Å². The second-order valence-corrected chi connectivity index (χ2v) is 23.7. The fourth-order valence-electron chi connectivity index (χ4n) is 9.59. The fourth-order valence-corrected chi connectivity index (χ4v) is 9.59. The van der Waals surface area contributed by atoms with Crippen LogP contribution in [0.5, 0.6) is 0 Å². The van der Waals surface area contributed by atoms with Crippen LogP contribution in [0.3, 0.4) is 0 Å². The van der Waals surface area contributed by atoms with Crippen molar-refractivity contribution >= 4 is 59.2 Å². The molecule has 0 heterocycles. The quantitative estimate of drug-likeness (QED) is 0.00961. The van der Waals surface area contributed by atoms with Gasteiger partial charge in [0.1, 0.15) is 37.4 Å². The van der Waals surface area contributed by atoms with Gasteiger partial charge in [0, 0.05) is 181 Å². The monoisotopic (exact) mass is 1680 g/mol. The molecule has 0 radical (unpaired) electrons. The molecule has 0 unspecified atom stereocenters. The molecule has 45 heteroatoms. The number of rotatable bonds is 61. The number of hydrogen-bond acceptors (Lipinski definition) is 25. The van der Waals surface area contributed by atoms with Gasteiger partial charge >= 0.3 is 11.9 Å². The van der Waals surface area contributed by atoms with Crippen molar-refractivity contribution in [2.75, 3.05) is 210 Å². The van der Waals surface area contributed by atoms with Gasteiger partial charge in [0.15, 0.2) is 0 Å². The Kier molecular flexibility index (Phi) is 82.2. The first-order chi connectivity index (χ1) is 51.7. The lowest BCUT2D eigenvalue weighted by Gasteiger charge is -2.23. The molecule has 2 aromatic rings. The van der Waals surface area contributed by atoms with Crippen molar-refractivity contribution in [3.63, 3.8) is 0 Å². The molecule has 0 aromatic heterocycles. The normalized spacial score (nSPS) is 11.3. The zero-order chi connectivity index (χ0) is 79.3. The Morgan fingerprint density at radius 1 is 0.411 bits per heavy atom. The number of carbonyl (C=O) groups excluding carboxylic acids is 10. The van der Waals surface area contributed by atoms with Crippen LogP contribution in [0, 0.1) is 0 Å². The number of quaternary nitrogens is 4. The molecule has 0 aliphatic heterocycles. The van der Waals surface area contributed by atoms with Gasteiger partial charge in [0.25, 0.3) is 0 Å². The van der Waals surface area contributed by atoms with Crippen LogP contribution >= 0.6 is 0 Å². The molecule has 0 spiro atoms. The number of carbonyl (C=O) groups is 10. The molecular weight excluding hydrogens is 1550 g/mol. The summed E-state index contributed by atoms with van der Waals surface area (Å²) in [5.41, 5.74) is 49.9. The highest BCUT2D eigenvalue weighted by Crippen LogP contribution is 2.08. The molecule has 29 N–H and O–H groups in total. The van der Waals surface area contributed by atoms with Gasteiger partial charge in [-0.15, -0.1) is 0 Å². The van der Waals surface area contributed by atoms with Crippen LogP contribution in [-0.2, 0) is 80.1 Å². The summed E-state index contributed by atoms with van der Waals surface area (Å²) in [6.45, 7) is 21.2. The first kappa shape index (κ1) is 115. The minimum Gasteiger partial charge on any atom is -1.00 e. The van der Waals surface area contributed by atoms with Crippen LogP contribution in [0.15, 0.2) is 70.9 Å². The Bertz CT molecular complexity index is 2860. The lowest BCUT2D eigenvalue weighted by molar-refractivity contribution is -0.378. The zero-order valence-electron chi connectivity index (χ0n) is 64.3. The minimum atomic E-state index is -1.39. The maximum absolute atomic E-state index is 13.3. The molecule has 0 aliphatic carbocycles. The van der Waals surface area contributed by atoms with Crippen molar-refractivity contribution in [1.82, 2.24) is 73.2 Å². The number of ether oxygens (including phenoxy) is 4. The third-order valence-corrected chi connectivity index (χ3v) is 14.7. The predicted octanol–water partition coefficient (Wildman–Crippen LogP) is -20.7. The van der Waals surface area contributed by atoms with Gasteiger partial charge in [-0.25, -0.2) is 0 Å². The Labute approximate surface area is 682 Å². The molecule has 0 saturated heterocycles. The van der Waals surface area contributed by atoms with Crippen LogP contribution in [-0.4, -0.2) is 308 Å². The van der Waals surface area contributed by atoms with Gasteiger partial charge < -0.3 is 167 Å². The molecule has 8 amide bonds. The van der Waals surface area contributed by atoms with E-state index in [2.05, 4.69) is 116 Å². The third-order valence-electron chi connectivity index (χ3n) is 14.7. The lowest BCUT2D eigenvalue weighted by Crippen LogP contribution is -3.00. The largest absolute Gasteiger partial charge is 1.00 e. The molecule has 112 heavy (non-hydrogen) atoms. The maximum atomic E-state index is 13.3. The second kappa shape index (κ2) is 79.9. The van der Waals surface area contributed by atoms with E-state index in [0.717, 1.165) is 116 Å². The van der Waals surface area contributed by atoms with Gasteiger partial charge in [-0.3, -0.25) is 62.6 Å². The van der Waals surface area contributed by atoms with Gasteiger partial charge in [-0.2, -0.15) is 0 Å². The standard InChI is InChI=1S/C30H64N16O6.C28H34N6O8.C8H23N5.CH4.4ClH/c1-24(47)42-26(23-28(49)39-9-7-37-11-19-46(16-4-33)17-5-34)30(51)43-25(29(50)40-12-20-52-21-13-41-44-35)22-27(48)38-8-6-36-10-18-45(14-2-31)15-3-32;1-20(35)32-24(17-26(37)42-19-22-10-6-3-7-11-22)28(39)33-23(27(38)30-12-14-40-15-13-31-34-29)16-25(36)41-18-21-8-4-2-5-9-21;9-1-4-12-5-8-13(6-2-10)7-3-11;;;;;/h25-26,36-37H,2-23,31-34H2,1H3,(H,38,48)(H,39,49)(H,40,50)(H,42,47)(H,43,51);2-11,23-24H,12-19H2,1H3,(H,30,38)(H,32,35)(H,33,39);12H,1-11H2;1H4;4*1H/t25-,26+;23-,24+;;;;;;/m00....../s1. The molecule has 0 aliphatic rings. The van der Waals surface area contributed by atoms with Crippen molar-refractivity contribution in [1.29, 1.82) is 0 Å². The number of amides is 8. The van der Waals surface area contributed by atoms with E-state index in [4.69, 9.17) is 47.2 Å². The highest BCUT2D eigenvalue weighted by atomic mass is 35.5. The lowest BCUT2D eigenvalue weighted by atomic mass is 10.1. The van der Waals surface area contributed by atoms with Crippen molar-refractivity contribution < 1.29 is 139 Å². The van der Waals surface area contributed by atoms with Gasteiger partial charge in [-0.05, 0) is 22.2 Å². The van der Waals surface area contributed by atoms with Crippen LogP contribution in [0.1, 0.15) is 58.1 Å². The van der Waals surface area contributed by atoms with Gasteiger partial charge in [-0.1, -0.05) is 78.3 Å². The van der Waals surface area contributed by atoms with Crippen LogP contribution in [0.25, 0.3) is 20.9 Å². The third kappa shape index (κ3) is 65.8. The molecule has 4 atom stereocenters. The van der Waals surface area contributed by atoms with E-state index in [1.807, 2.05) is 12.1 Å². The van der Waals surface area contributed by atoms with Crippen molar-refractivity contribution in [3.8, 4) is 0 Å². The highest BCUT2D eigenvalue weighted by Gasteiger charge is 2.32. The summed E-state index contributed by atoms with van der Waals surface area (Å²) in [4.78, 5) is 139. The Balaban J connectivity index is -0.000000420. The number of azide groups is 2. The van der Waals surface area contributed by atoms with E-state index in [0.29, 0.717) is 52.4 Å². The minimum absolute atomic E-state index is 0. The first-order valence-electron chi connectivity index (χ1n) is 36.1. The smallest absolute Gasteiger partial charge is 0.308 e. The summed E-state index contributed by atoms with van der Waals surface area (Å²) in [5, 5.41) is 36.9. The van der Waals surface area contributed by atoms with Crippen molar-refractivity contribution in [2.24, 2.45) is 27.4 Å². The number of esters is 2. The van der Waals surface area contributed by atoms with Crippen LogP contribution in [0.2, 0.25) is 0 Å². The Hall–Kier alpha value is -7.68. The average molecular weight is 1680 g/mol. The highest BCUT2D eigenvalue weighted by molar-refractivity contribution is 5.97. The maximum Gasteiger partial charge on any atom is 0.308 e. The molecule has 2 aromatic carbocycles. The average Bonchev–Trinajstić information content (AvgIpc) is 0.881. The van der Waals surface area contributed by atoms with Gasteiger partial charge in [0.2, 0.25) is 47.3 Å². The van der Waals surface area contributed by atoms with E-state index in [9.17, 15) is 47.9 Å².